The Morgan fingerprint density at radius 2 is 1.89 bits per heavy atom. The van der Waals surface area contributed by atoms with Gasteiger partial charge >= 0.3 is 0 Å². The Kier molecular flexibility index (Phi) is 3.76. The highest BCUT2D eigenvalue weighted by Crippen LogP contribution is 2.31. The third-order valence-corrected chi connectivity index (χ3v) is 3.00. The van der Waals surface area contributed by atoms with Crippen LogP contribution in [0.3, 0.4) is 0 Å². The number of aromatic nitrogens is 1. The van der Waals surface area contributed by atoms with Crippen LogP contribution in [-0.4, -0.2) is 25.2 Å². The van der Waals surface area contributed by atoms with Crippen molar-refractivity contribution in [1.29, 1.82) is 0 Å². The largest absolute Gasteiger partial charge is 0.496 e. The van der Waals surface area contributed by atoms with Gasteiger partial charge in [0.2, 0.25) is 0 Å². The maximum atomic E-state index is 12.0. The minimum atomic E-state index is -0.142. The number of nitrogens with one attached hydrogen (secondary N) is 1. The molecule has 0 saturated heterocycles. The molecule has 3 N–H and O–H groups in total. The lowest BCUT2D eigenvalue weighted by atomic mass is 10.1. The summed E-state index contributed by atoms with van der Waals surface area (Å²) >= 11 is 0. The fraction of sp³-hybridized carbons (Fsp3) is 0.357. The van der Waals surface area contributed by atoms with E-state index in [0.29, 0.717) is 29.0 Å². The van der Waals surface area contributed by atoms with Crippen LogP contribution in [0.1, 0.15) is 12.5 Å². The molecule has 102 valence electrons. The highest BCUT2D eigenvalue weighted by molar-refractivity contribution is 5.90. The first-order chi connectivity index (χ1) is 9.06. The van der Waals surface area contributed by atoms with Gasteiger partial charge in [-0.2, -0.15) is 0 Å². The molecule has 0 spiro atoms. The van der Waals surface area contributed by atoms with Crippen LogP contribution < -0.4 is 20.8 Å². The van der Waals surface area contributed by atoms with E-state index in [-0.39, 0.29) is 11.6 Å². The SMILES string of the molecule is COc1ccc(OC)c2[nH]c(=O)c(CC(C)N)cc12. The number of fused-ring (bicyclic) bond motifs is 1. The molecule has 0 aliphatic rings. The summed E-state index contributed by atoms with van der Waals surface area (Å²) in [7, 11) is 3.16. The lowest BCUT2D eigenvalue weighted by Gasteiger charge is -2.11. The molecule has 0 aliphatic heterocycles. The topological polar surface area (TPSA) is 77.3 Å². The Hall–Kier alpha value is -2.01. The van der Waals surface area contributed by atoms with E-state index < -0.39 is 0 Å². The second-order valence-electron chi connectivity index (χ2n) is 4.56. The first-order valence-corrected chi connectivity index (χ1v) is 6.09. The van der Waals surface area contributed by atoms with E-state index in [9.17, 15) is 4.79 Å². The molecule has 1 atom stereocenters. The molecule has 0 radical (unpaired) electrons. The predicted octanol–water partition coefficient (Wildman–Crippen LogP) is 1.43. The van der Waals surface area contributed by atoms with Crippen molar-refractivity contribution >= 4 is 10.9 Å². The summed E-state index contributed by atoms with van der Waals surface area (Å²) in [6.45, 7) is 1.87. The van der Waals surface area contributed by atoms with Crippen molar-refractivity contribution in [3.05, 3.63) is 34.1 Å². The van der Waals surface area contributed by atoms with Gasteiger partial charge in [-0.1, -0.05) is 0 Å². The Morgan fingerprint density at radius 3 is 2.47 bits per heavy atom. The molecular formula is C14H18N2O3. The van der Waals surface area contributed by atoms with Crippen molar-refractivity contribution in [2.45, 2.75) is 19.4 Å². The van der Waals surface area contributed by atoms with Gasteiger partial charge in [0, 0.05) is 17.0 Å². The van der Waals surface area contributed by atoms with E-state index in [4.69, 9.17) is 15.2 Å². The second-order valence-corrected chi connectivity index (χ2v) is 4.56. The molecule has 1 unspecified atom stereocenters. The molecule has 2 rings (SSSR count). The van der Waals surface area contributed by atoms with Crippen LogP contribution in [0, 0.1) is 0 Å². The number of methoxy groups -OCH3 is 2. The fourth-order valence-electron chi connectivity index (χ4n) is 2.13. The summed E-state index contributed by atoms with van der Waals surface area (Å²) in [5, 5.41) is 0.817. The number of ether oxygens (including phenoxy) is 2. The van der Waals surface area contributed by atoms with E-state index in [2.05, 4.69) is 4.98 Å². The average Bonchev–Trinajstić information content (AvgIpc) is 2.38. The first-order valence-electron chi connectivity index (χ1n) is 6.09. The van der Waals surface area contributed by atoms with Crippen molar-refractivity contribution in [2.24, 2.45) is 5.73 Å². The number of nitrogens with two attached hydrogens (primary N) is 1. The maximum absolute atomic E-state index is 12.0. The molecule has 0 bridgehead atoms. The normalized spacial score (nSPS) is 12.4. The predicted molar refractivity (Wildman–Crippen MR) is 75.0 cm³/mol. The highest BCUT2D eigenvalue weighted by atomic mass is 16.5. The van der Waals surface area contributed by atoms with Crippen molar-refractivity contribution < 1.29 is 9.47 Å². The zero-order valence-corrected chi connectivity index (χ0v) is 11.3. The minimum Gasteiger partial charge on any atom is -0.496 e. The van der Waals surface area contributed by atoms with Crippen LogP contribution in [-0.2, 0) is 6.42 Å². The number of hydrogen-bond donors (Lipinski definition) is 2. The van der Waals surface area contributed by atoms with Gasteiger partial charge < -0.3 is 20.2 Å². The molecule has 5 heteroatoms. The third-order valence-electron chi connectivity index (χ3n) is 3.00. The first kappa shape index (κ1) is 13.4. The van der Waals surface area contributed by atoms with E-state index in [1.165, 1.54) is 0 Å². The summed E-state index contributed by atoms with van der Waals surface area (Å²) in [4.78, 5) is 14.9. The number of hydrogen-bond acceptors (Lipinski definition) is 4. The van der Waals surface area contributed by atoms with Crippen LogP contribution in [0.4, 0.5) is 0 Å². The van der Waals surface area contributed by atoms with Crippen LogP contribution in [0.2, 0.25) is 0 Å². The molecule has 0 saturated carbocycles. The van der Waals surface area contributed by atoms with Crippen molar-refractivity contribution in [3.8, 4) is 11.5 Å². The molecule has 5 nitrogen and oxygen atoms in total. The standard InChI is InChI=1S/C14H18N2O3/c1-8(15)6-9-7-10-11(18-2)4-5-12(19-3)13(10)16-14(9)17/h4-5,7-8H,6,15H2,1-3H3,(H,16,17). The van der Waals surface area contributed by atoms with Crippen LogP contribution in [0.5, 0.6) is 11.5 Å². The molecular weight excluding hydrogens is 244 g/mol. The van der Waals surface area contributed by atoms with Gasteiger partial charge in [-0.3, -0.25) is 4.79 Å². The van der Waals surface area contributed by atoms with E-state index in [1.807, 2.05) is 19.1 Å². The van der Waals surface area contributed by atoms with Gasteiger partial charge in [0.25, 0.3) is 5.56 Å². The summed E-state index contributed by atoms with van der Waals surface area (Å²) in [6, 6.07) is 5.33. The minimum absolute atomic E-state index is 0.0739. The van der Waals surface area contributed by atoms with Gasteiger partial charge in [0.15, 0.2) is 0 Å². The second kappa shape index (κ2) is 5.32. The average molecular weight is 262 g/mol. The van der Waals surface area contributed by atoms with Gasteiger partial charge in [0.05, 0.1) is 19.7 Å². The van der Waals surface area contributed by atoms with Gasteiger partial charge in [-0.15, -0.1) is 0 Å². The quantitative estimate of drug-likeness (QED) is 0.874. The van der Waals surface area contributed by atoms with E-state index in [0.717, 1.165) is 5.39 Å². The zero-order chi connectivity index (χ0) is 14.0. The van der Waals surface area contributed by atoms with Crippen LogP contribution in [0.25, 0.3) is 10.9 Å². The monoisotopic (exact) mass is 262 g/mol. The zero-order valence-electron chi connectivity index (χ0n) is 11.3. The summed E-state index contributed by atoms with van der Waals surface area (Å²) in [5.74, 6) is 1.30. The molecule has 0 fully saturated rings. The Labute approximate surface area is 111 Å². The lowest BCUT2D eigenvalue weighted by molar-refractivity contribution is 0.409. The molecule has 0 amide bonds. The van der Waals surface area contributed by atoms with E-state index in [1.54, 1.807) is 20.3 Å². The van der Waals surface area contributed by atoms with Gasteiger partial charge in [0.1, 0.15) is 11.5 Å². The van der Waals surface area contributed by atoms with Crippen molar-refractivity contribution in [1.82, 2.24) is 4.98 Å². The smallest absolute Gasteiger partial charge is 0.251 e. The molecule has 1 heterocycles. The molecule has 0 aliphatic carbocycles. The number of aromatic amines is 1. The maximum Gasteiger partial charge on any atom is 0.251 e. The Bertz CT molecular complexity index is 647. The van der Waals surface area contributed by atoms with Crippen LogP contribution >= 0.6 is 0 Å². The van der Waals surface area contributed by atoms with Crippen molar-refractivity contribution in [3.63, 3.8) is 0 Å². The lowest BCUT2D eigenvalue weighted by Crippen LogP contribution is -2.23. The number of rotatable bonds is 4. The Balaban J connectivity index is 2.72. The number of pyridine rings is 1. The Morgan fingerprint density at radius 1 is 1.26 bits per heavy atom. The molecule has 1 aromatic heterocycles. The molecule has 1 aromatic carbocycles. The summed E-state index contributed by atoms with van der Waals surface area (Å²) in [6.07, 6.45) is 0.519. The third kappa shape index (κ3) is 2.56. The summed E-state index contributed by atoms with van der Waals surface area (Å²) in [5.41, 5.74) is 6.90. The molecule has 2 aromatic rings. The van der Waals surface area contributed by atoms with Crippen LogP contribution in [0.15, 0.2) is 23.0 Å². The highest BCUT2D eigenvalue weighted by Gasteiger charge is 2.12. The fourth-order valence-corrected chi connectivity index (χ4v) is 2.13. The number of H-pyrrole nitrogens is 1. The van der Waals surface area contributed by atoms with Gasteiger partial charge in [-0.25, -0.2) is 0 Å². The van der Waals surface area contributed by atoms with Gasteiger partial charge in [-0.05, 0) is 31.5 Å². The molecule has 19 heavy (non-hydrogen) atoms. The van der Waals surface area contributed by atoms with Crippen molar-refractivity contribution in [2.75, 3.05) is 14.2 Å². The number of benzene rings is 1. The summed E-state index contributed by atoms with van der Waals surface area (Å²) < 4.78 is 10.6. The van der Waals surface area contributed by atoms with E-state index >= 15 is 0 Å².